The number of rotatable bonds is 7. The van der Waals surface area contributed by atoms with Crippen LogP contribution in [0.1, 0.15) is 32.6 Å². The highest BCUT2D eigenvalue weighted by Crippen LogP contribution is 2.49. The van der Waals surface area contributed by atoms with Gasteiger partial charge in [0.2, 0.25) is 11.1 Å². The number of fused-ring (bicyclic) bond motifs is 2. The second kappa shape index (κ2) is 9.41. The first kappa shape index (κ1) is 21.1. The summed E-state index contributed by atoms with van der Waals surface area (Å²) in [5.74, 6) is 2.66. The number of nitrogens with zero attached hydrogens (tertiary/aromatic N) is 3. The Morgan fingerprint density at radius 3 is 2.28 bits per heavy atom. The molecule has 0 aliphatic heterocycles. The molecular formula is C26H28N4OS. The zero-order valence-corrected chi connectivity index (χ0v) is 19.1. The van der Waals surface area contributed by atoms with Crippen molar-refractivity contribution in [3.8, 4) is 22.5 Å². The van der Waals surface area contributed by atoms with Gasteiger partial charge in [-0.1, -0.05) is 78.8 Å². The molecule has 2 aliphatic carbocycles. The van der Waals surface area contributed by atoms with Crippen LogP contribution in [0.4, 0.5) is 0 Å². The van der Waals surface area contributed by atoms with E-state index in [1.54, 1.807) is 0 Å². The number of hydrogen-bond acceptors (Lipinski definition) is 5. The normalized spacial score (nSPS) is 22.6. The Balaban J connectivity index is 1.28. The molecule has 0 saturated heterocycles. The fourth-order valence-corrected chi connectivity index (χ4v) is 6.00. The molecule has 1 aromatic heterocycles. The molecule has 5 nitrogen and oxygen atoms in total. The highest BCUT2D eigenvalue weighted by molar-refractivity contribution is 7.99. The van der Waals surface area contributed by atoms with Gasteiger partial charge in [-0.2, -0.15) is 0 Å². The van der Waals surface area contributed by atoms with Crippen LogP contribution in [0.15, 0.2) is 65.8 Å². The van der Waals surface area contributed by atoms with Crippen molar-refractivity contribution in [3.63, 3.8) is 0 Å². The van der Waals surface area contributed by atoms with Crippen molar-refractivity contribution in [2.24, 2.45) is 17.8 Å². The van der Waals surface area contributed by atoms with E-state index in [9.17, 15) is 4.79 Å². The summed E-state index contributed by atoms with van der Waals surface area (Å²) in [6, 6.07) is 20.2. The third-order valence-electron chi connectivity index (χ3n) is 6.92. The van der Waals surface area contributed by atoms with Crippen LogP contribution in [0.2, 0.25) is 0 Å². The van der Waals surface area contributed by atoms with E-state index in [-0.39, 0.29) is 11.9 Å². The Bertz CT molecular complexity index is 1080. The number of carbonyl (C=O) groups is 1. The van der Waals surface area contributed by atoms with Crippen molar-refractivity contribution in [2.45, 2.75) is 43.8 Å². The van der Waals surface area contributed by atoms with Crippen LogP contribution in [0.3, 0.4) is 0 Å². The third-order valence-corrected chi connectivity index (χ3v) is 7.76. The largest absolute Gasteiger partial charge is 0.353 e. The Hall–Kier alpha value is -2.73. The quantitative estimate of drug-likeness (QED) is 0.505. The summed E-state index contributed by atoms with van der Waals surface area (Å²) in [6.45, 7) is 2.16. The minimum atomic E-state index is 0.0438. The SMILES string of the molecule is C[C@H](NC(=O)CSc1nnc(-c2ccccc2)c(-c2ccccc2)n1)[C@H]1C[C@H]2CC[C@H]1C2. The Kier molecular flexibility index (Phi) is 6.21. The van der Waals surface area contributed by atoms with Crippen molar-refractivity contribution in [2.75, 3.05) is 5.75 Å². The maximum atomic E-state index is 12.6. The van der Waals surface area contributed by atoms with E-state index < -0.39 is 0 Å². The molecule has 0 unspecified atom stereocenters. The van der Waals surface area contributed by atoms with Gasteiger partial charge in [-0.25, -0.2) is 4.98 Å². The van der Waals surface area contributed by atoms with Crippen molar-refractivity contribution >= 4 is 17.7 Å². The highest BCUT2D eigenvalue weighted by Gasteiger charge is 2.42. The number of carbonyl (C=O) groups excluding carboxylic acids is 1. The van der Waals surface area contributed by atoms with E-state index in [0.29, 0.717) is 16.8 Å². The summed E-state index contributed by atoms with van der Waals surface area (Å²) in [4.78, 5) is 17.4. The van der Waals surface area contributed by atoms with Gasteiger partial charge in [0.25, 0.3) is 0 Å². The Morgan fingerprint density at radius 1 is 0.969 bits per heavy atom. The van der Waals surface area contributed by atoms with Crippen molar-refractivity contribution in [1.82, 2.24) is 20.5 Å². The molecule has 2 bridgehead atoms. The molecule has 1 N–H and O–H groups in total. The van der Waals surface area contributed by atoms with Crippen LogP contribution < -0.4 is 5.32 Å². The molecule has 164 valence electrons. The molecule has 5 rings (SSSR count). The van der Waals surface area contributed by atoms with E-state index in [4.69, 9.17) is 4.98 Å². The minimum Gasteiger partial charge on any atom is -0.353 e. The van der Waals surface area contributed by atoms with Crippen LogP contribution in [0.5, 0.6) is 0 Å². The highest BCUT2D eigenvalue weighted by atomic mass is 32.2. The van der Waals surface area contributed by atoms with Crippen LogP contribution in [-0.2, 0) is 4.79 Å². The van der Waals surface area contributed by atoms with Gasteiger partial charge in [0.1, 0.15) is 11.4 Å². The Labute approximate surface area is 193 Å². The lowest BCUT2D eigenvalue weighted by molar-refractivity contribution is -0.119. The molecule has 32 heavy (non-hydrogen) atoms. The average Bonchev–Trinajstić information content (AvgIpc) is 3.48. The summed E-state index contributed by atoms with van der Waals surface area (Å²) >= 11 is 1.34. The second-order valence-corrected chi connectivity index (χ2v) is 9.95. The first-order chi connectivity index (χ1) is 15.7. The van der Waals surface area contributed by atoms with E-state index in [1.165, 1.54) is 37.4 Å². The number of hydrogen-bond donors (Lipinski definition) is 1. The molecule has 3 aromatic rings. The molecule has 4 atom stereocenters. The molecule has 0 spiro atoms. The molecule has 0 radical (unpaired) electrons. The minimum absolute atomic E-state index is 0.0438. The number of thioether (sulfide) groups is 1. The standard InChI is InChI=1S/C26H28N4OS/c1-17(22-15-18-12-13-21(22)14-18)27-23(31)16-32-26-28-24(19-8-4-2-5-9-19)25(29-30-26)20-10-6-3-7-11-20/h2-11,17-18,21-22H,12-16H2,1H3,(H,27,31)/t17-,18-,21-,22+/m0/s1. The van der Waals surface area contributed by atoms with Gasteiger partial charge in [-0.05, 0) is 43.9 Å². The second-order valence-electron chi connectivity index (χ2n) is 9.01. The Morgan fingerprint density at radius 2 is 1.66 bits per heavy atom. The summed E-state index contributed by atoms with van der Waals surface area (Å²) in [5.41, 5.74) is 3.48. The fourth-order valence-electron chi connectivity index (χ4n) is 5.40. The molecule has 6 heteroatoms. The summed E-state index contributed by atoms with van der Waals surface area (Å²) < 4.78 is 0. The molecule has 1 heterocycles. The van der Waals surface area contributed by atoms with E-state index in [2.05, 4.69) is 22.4 Å². The molecule has 2 aromatic carbocycles. The first-order valence-electron chi connectivity index (χ1n) is 11.4. The van der Waals surface area contributed by atoms with Gasteiger partial charge in [0.05, 0.1) is 5.75 Å². The topological polar surface area (TPSA) is 67.8 Å². The third kappa shape index (κ3) is 4.56. The van der Waals surface area contributed by atoms with E-state index >= 15 is 0 Å². The van der Waals surface area contributed by atoms with Gasteiger partial charge in [-0.15, -0.1) is 10.2 Å². The lowest BCUT2D eigenvalue weighted by atomic mass is 9.84. The summed E-state index contributed by atoms with van der Waals surface area (Å²) in [6.07, 6.45) is 5.34. The summed E-state index contributed by atoms with van der Waals surface area (Å²) in [5, 5.41) is 12.6. The zero-order chi connectivity index (χ0) is 21.9. The molecular weight excluding hydrogens is 416 g/mol. The monoisotopic (exact) mass is 444 g/mol. The van der Waals surface area contributed by atoms with Gasteiger partial charge in [0, 0.05) is 17.2 Å². The van der Waals surface area contributed by atoms with Crippen LogP contribution in [0, 0.1) is 17.8 Å². The lowest BCUT2D eigenvalue weighted by Crippen LogP contribution is -2.40. The van der Waals surface area contributed by atoms with Crippen molar-refractivity contribution < 1.29 is 4.79 Å². The molecule has 2 saturated carbocycles. The van der Waals surface area contributed by atoms with Gasteiger partial charge in [-0.3, -0.25) is 4.79 Å². The predicted molar refractivity (Wildman–Crippen MR) is 128 cm³/mol. The summed E-state index contributed by atoms with van der Waals surface area (Å²) in [7, 11) is 0. The van der Waals surface area contributed by atoms with Gasteiger partial charge < -0.3 is 5.32 Å². The van der Waals surface area contributed by atoms with Gasteiger partial charge in [0.15, 0.2) is 0 Å². The van der Waals surface area contributed by atoms with Crippen LogP contribution in [0.25, 0.3) is 22.5 Å². The van der Waals surface area contributed by atoms with Crippen molar-refractivity contribution in [1.29, 1.82) is 0 Å². The maximum absolute atomic E-state index is 12.6. The average molecular weight is 445 g/mol. The number of benzene rings is 2. The molecule has 2 fully saturated rings. The maximum Gasteiger partial charge on any atom is 0.230 e. The number of amides is 1. The lowest BCUT2D eigenvalue weighted by Gasteiger charge is -2.28. The van der Waals surface area contributed by atoms with Crippen LogP contribution in [-0.4, -0.2) is 32.9 Å². The van der Waals surface area contributed by atoms with E-state index in [0.717, 1.165) is 34.4 Å². The number of aromatic nitrogens is 3. The first-order valence-corrected chi connectivity index (χ1v) is 12.4. The molecule has 2 aliphatic rings. The van der Waals surface area contributed by atoms with Crippen LogP contribution >= 0.6 is 11.8 Å². The van der Waals surface area contributed by atoms with Crippen molar-refractivity contribution in [3.05, 3.63) is 60.7 Å². The smallest absolute Gasteiger partial charge is 0.230 e. The van der Waals surface area contributed by atoms with E-state index in [1.807, 2.05) is 60.7 Å². The number of nitrogens with one attached hydrogen (secondary N) is 1. The fraction of sp³-hybridized carbons (Fsp3) is 0.385. The molecule has 1 amide bonds. The van der Waals surface area contributed by atoms with Gasteiger partial charge >= 0.3 is 0 Å². The predicted octanol–water partition coefficient (Wildman–Crippen LogP) is 5.24. The zero-order valence-electron chi connectivity index (χ0n) is 18.3.